The number of rotatable bonds is 6. The summed E-state index contributed by atoms with van der Waals surface area (Å²) in [5.41, 5.74) is 1.25. The van der Waals surface area contributed by atoms with Crippen LogP contribution >= 0.6 is 0 Å². The molecule has 0 aliphatic carbocycles. The maximum Gasteiger partial charge on any atom is 0.323 e. The molecule has 10 heteroatoms. The zero-order chi connectivity index (χ0) is 20.9. The Hall–Kier alpha value is -2.95. The minimum atomic E-state index is -4.24. The van der Waals surface area contributed by atoms with Crippen LogP contribution in [0.3, 0.4) is 0 Å². The Balaban J connectivity index is 2.06. The Bertz CT molecular complexity index is 942. The van der Waals surface area contributed by atoms with Gasteiger partial charge in [-0.15, -0.1) is 0 Å². The van der Waals surface area contributed by atoms with Crippen LogP contribution in [0.15, 0.2) is 53.4 Å². The van der Waals surface area contributed by atoms with Gasteiger partial charge < -0.3 is 15.7 Å². The highest BCUT2D eigenvalue weighted by Gasteiger charge is 2.34. The van der Waals surface area contributed by atoms with E-state index in [0.29, 0.717) is 11.4 Å². The van der Waals surface area contributed by atoms with Crippen LogP contribution in [-0.2, 0) is 14.6 Å². The number of aryl methyl sites for hydroxylation is 1. The van der Waals surface area contributed by atoms with Gasteiger partial charge in [0, 0.05) is 11.4 Å². The molecule has 2 atom stereocenters. The second kappa shape index (κ2) is 8.83. The first kappa shape index (κ1) is 21.4. The van der Waals surface area contributed by atoms with Gasteiger partial charge in [0.2, 0.25) is 15.7 Å². The van der Waals surface area contributed by atoms with Crippen LogP contribution in [0.25, 0.3) is 0 Å². The summed E-state index contributed by atoms with van der Waals surface area (Å²) in [6, 6.07) is 11.8. The van der Waals surface area contributed by atoms with Crippen LogP contribution < -0.4 is 16.1 Å². The quantitative estimate of drug-likeness (QED) is 0.365. The molecule has 0 heterocycles. The molecule has 2 unspecified atom stereocenters. The van der Waals surface area contributed by atoms with Gasteiger partial charge in [-0.1, -0.05) is 17.7 Å². The van der Waals surface area contributed by atoms with Crippen molar-refractivity contribution in [2.24, 2.45) is 5.92 Å². The number of aliphatic hydroxyl groups is 1. The zero-order valence-electron chi connectivity index (χ0n) is 15.2. The molecule has 28 heavy (non-hydrogen) atoms. The number of urea groups is 1. The standard InChI is InChI=1S/C18H21N3O6S/c1-11-3-5-13(6-4-11)19-18(24)20-14-7-9-15(10-8-14)28(26,27)17(23)12(2)16(22)21-25/h3-10,12,17,23,25H,1-2H3,(H,21,22)(H2,19,20,24). The van der Waals surface area contributed by atoms with Crippen molar-refractivity contribution in [2.75, 3.05) is 10.6 Å². The molecule has 5 N–H and O–H groups in total. The minimum absolute atomic E-state index is 0.234. The number of anilines is 2. The Morgan fingerprint density at radius 3 is 1.86 bits per heavy atom. The molecule has 0 spiro atoms. The molecule has 0 aliphatic heterocycles. The number of hydroxylamine groups is 1. The molecule has 0 aromatic heterocycles. The molecular weight excluding hydrogens is 386 g/mol. The smallest absolute Gasteiger partial charge is 0.323 e. The molecule has 0 bridgehead atoms. The lowest BCUT2D eigenvalue weighted by Crippen LogP contribution is -2.38. The second-order valence-electron chi connectivity index (χ2n) is 6.17. The highest BCUT2D eigenvalue weighted by Crippen LogP contribution is 2.22. The Morgan fingerprint density at radius 1 is 0.929 bits per heavy atom. The number of hydrogen-bond donors (Lipinski definition) is 5. The van der Waals surface area contributed by atoms with Gasteiger partial charge in [-0.3, -0.25) is 10.0 Å². The molecule has 0 fully saturated rings. The third-order valence-electron chi connectivity index (χ3n) is 4.02. The topological polar surface area (TPSA) is 145 Å². The third-order valence-corrected chi connectivity index (χ3v) is 5.99. The summed E-state index contributed by atoms with van der Waals surface area (Å²) < 4.78 is 24.8. The molecule has 2 aromatic carbocycles. The first-order valence-corrected chi connectivity index (χ1v) is 9.80. The number of carbonyl (C=O) groups excluding carboxylic acids is 2. The van der Waals surface area contributed by atoms with Gasteiger partial charge >= 0.3 is 6.03 Å². The minimum Gasteiger partial charge on any atom is -0.376 e. The SMILES string of the molecule is Cc1ccc(NC(=O)Nc2ccc(S(=O)(=O)C(O)C(C)C(=O)NO)cc2)cc1. The Labute approximate surface area is 162 Å². The van der Waals surface area contributed by atoms with Crippen molar-refractivity contribution in [3.63, 3.8) is 0 Å². The summed E-state index contributed by atoms with van der Waals surface area (Å²) in [6.07, 6.45) is 0. The van der Waals surface area contributed by atoms with Crippen LogP contribution in [0, 0.1) is 12.8 Å². The van der Waals surface area contributed by atoms with Gasteiger partial charge in [-0.2, -0.15) is 0 Å². The number of hydrogen-bond acceptors (Lipinski definition) is 6. The molecule has 2 rings (SSSR count). The average molecular weight is 407 g/mol. The van der Waals surface area contributed by atoms with Gasteiger partial charge in [0.15, 0.2) is 5.44 Å². The molecular formula is C18H21N3O6S. The lowest BCUT2D eigenvalue weighted by molar-refractivity contribution is -0.134. The Morgan fingerprint density at radius 2 is 1.39 bits per heavy atom. The summed E-state index contributed by atoms with van der Waals surface area (Å²) in [7, 11) is -4.24. The van der Waals surface area contributed by atoms with Crippen molar-refractivity contribution in [2.45, 2.75) is 24.2 Å². The van der Waals surface area contributed by atoms with E-state index in [4.69, 9.17) is 5.21 Å². The fourth-order valence-corrected chi connectivity index (χ4v) is 3.75. The number of carbonyl (C=O) groups is 2. The molecule has 2 aromatic rings. The predicted octanol–water partition coefficient (Wildman–Crippen LogP) is 1.87. The van der Waals surface area contributed by atoms with Crippen molar-refractivity contribution in [1.29, 1.82) is 0 Å². The van der Waals surface area contributed by atoms with Gasteiger partial charge in [0.1, 0.15) is 0 Å². The van der Waals surface area contributed by atoms with Crippen LogP contribution in [0.4, 0.5) is 16.2 Å². The number of nitrogens with one attached hydrogen (secondary N) is 3. The summed E-state index contributed by atoms with van der Waals surface area (Å²) in [4.78, 5) is 23.1. The monoisotopic (exact) mass is 407 g/mol. The summed E-state index contributed by atoms with van der Waals surface area (Å²) in [5.74, 6) is -2.41. The highest BCUT2D eigenvalue weighted by atomic mass is 32.2. The third kappa shape index (κ3) is 5.06. The number of benzene rings is 2. The van der Waals surface area contributed by atoms with Crippen molar-refractivity contribution in [3.05, 3.63) is 54.1 Å². The van der Waals surface area contributed by atoms with Gasteiger partial charge in [0.25, 0.3) is 0 Å². The fourth-order valence-electron chi connectivity index (χ4n) is 2.30. The van der Waals surface area contributed by atoms with E-state index < -0.39 is 33.1 Å². The number of amides is 3. The van der Waals surface area contributed by atoms with E-state index in [0.717, 1.165) is 5.56 Å². The van der Waals surface area contributed by atoms with Crippen molar-refractivity contribution in [3.8, 4) is 0 Å². The predicted molar refractivity (Wildman–Crippen MR) is 103 cm³/mol. The fraction of sp³-hybridized carbons (Fsp3) is 0.222. The van der Waals surface area contributed by atoms with Crippen LogP contribution in [0.5, 0.6) is 0 Å². The molecule has 150 valence electrons. The van der Waals surface area contributed by atoms with Gasteiger partial charge in [0.05, 0.1) is 10.8 Å². The maximum absolute atomic E-state index is 12.4. The van der Waals surface area contributed by atoms with E-state index in [1.807, 2.05) is 19.1 Å². The second-order valence-corrected chi connectivity index (χ2v) is 8.21. The summed E-state index contributed by atoms with van der Waals surface area (Å²) >= 11 is 0. The van der Waals surface area contributed by atoms with E-state index in [-0.39, 0.29) is 4.90 Å². The van der Waals surface area contributed by atoms with Crippen molar-refractivity contribution < 1.29 is 28.3 Å². The van der Waals surface area contributed by atoms with Gasteiger partial charge in [-0.25, -0.2) is 18.7 Å². The van der Waals surface area contributed by atoms with Crippen LogP contribution in [-0.4, -0.2) is 36.1 Å². The first-order chi connectivity index (χ1) is 13.1. The van der Waals surface area contributed by atoms with Crippen LogP contribution in [0.2, 0.25) is 0 Å². The molecule has 9 nitrogen and oxygen atoms in total. The largest absolute Gasteiger partial charge is 0.376 e. The summed E-state index contributed by atoms with van der Waals surface area (Å²) in [6.45, 7) is 3.09. The normalized spacial score (nSPS) is 13.3. The molecule has 0 saturated heterocycles. The number of sulfone groups is 1. The van der Waals surface area contributed by atoms with E-state index in [1.54, 1.807) is 12.1 Å². The lowest BCUT2D eigenvalue weighted by atomic mass is 10.2. The van der Waals surface area contributed by atoms with E-state index >= 15 is 0 Å². The summed E-state index contributed by atoms with van der Waals surface area (Å²) in [5, 5.41) is 23.7. The van der Waals surface area contributed by atoms with Crippen molar-refractivity contribution >= 4 is 33.2 Å². The van der Waals surface area contributed by atoms with E-state index in [1.165, 1.54) is 36.7 Å². The lowest BCUT2D eigenvalue weighted by Gasteiger charge is -2.17. The average Bonchev–Trinajstić information content (AvgIpc) is 2.68. The first-order valence-electron chi connectivity index (χ1n) is 8.26. The van der Waals surface area contributed by atoms with Crippen molar-refractivity contribution in [1.82, 2.24) is 5.48 Å². The molecule has 0 saturated carbocycles. The van der Waals surface area contributed by atoms with Crippen LogP contribution in [0.1, 0.15) is 12.5 Å². The molecule has 0 aliphatic rings. The number of aliphatic hydroxyl groups excluding tert-OH is 1. The molecule has 3 amide bonds. The maximum atomic E-state index is 12.4. The Kier molecular flexibility index (Phi) is 6.73. The van der Waals surface area contributed by atoms with E-state index in [2.05, 4.69) is 10.6 Å². The van der Waals surface area contributed by atoms with Gasteiger partial charge in [-0.05, 0) is 50.2 Å². The van der Waals surface area contributed by atoms with E-state index in [9.17, 15) is 23.1 Å². The highest BCUT2D eigenvalue weighted by molar-refractivity contribution is 7.92. The zero-order valence-corrected chi connectivity index (χ0v) is 16.0. The molecule has 0 radical (unpaired) electrons.